The Morgan fingerprint density at radius 1 is 1.37 bits per heavy atom. The standard InChI is InChI=1S/C13H12N2O4/c1-8(10-5-3-7-19-10)15-12(16)11-9(13(17)18)4-2-6-14-11/h2-8H,1H3,(H,15,16)(H,17,18)/t8-/m0/s1. The van der Waals surface area contributed by atoms with Gasteiger partial charge < -0.3 is 14.8 Å². The van der Waals surface area contributed by atoms with Crippen LogP contribution in [-0.4, -0.2) is 22.0 Å². The number of nitrogens with zero attached hydrogens (tertiary/aromatic N) is 1. The third-order valence-corrected chi connectivity index (χ3v) is 2.57. The Hall–Kier alpha value is -2.63. The van der Waals surface area contributed by atoms with Crippen molar-refractivity contribution in [2.75, 3.05) is 0 Å². The van der Waals surface area contributed by atoms with Gasteiger partial charge in [-0.15, -0.1) is 0 Å². The van der Waals surface area contributed by atoms with Crippen molar-refractivity contribution in [3.63, 3.8) is 0 Å². The van der Waals surface area contributed by atoms with Gasteiger partial charge in [0.2, 0.25) is 0 Å². The summed E-state index contributed by atoms with van der Waals surface area (Å²) in [7, 11) is 0. The van der Waals surface area contributed by atoms with Crippen LogP contribution >= 0.6 is 0 Å². The van der Waals surface area contributed by atoms with E-state index >= 15 is 0 Å². The molecule has 0 fully saturated rings. The average molecular weight is 260 g/mol. The van der Waals surface area contributed by atoms with Crippen LogP contribution in [0.25, 0.3) is 0 Å². The number of rotatable bonds is 4. The predicted molar refractivity (Wildman–Crippen MR) is 65.8 cm³/mol. The summed E-state index contributed by atoms with van der Waals surface area (Å²) in [6.45, 7) is 1.74. The molecule has 6 heteroatoms. The number of hydrogen-bond donors (Lipinski definition) is 2. The molecule has 2 heterocycles. The van der Waals surface area contributed by atoms with E-state index in [0.29, 0.717) is 5.76 Å². The lowest BCUT2D eigenvalue weighted by molar-refractivity contribution is 0.0689. The third kappa shape index (κ3) is 2.79. The van der Waals surface area contributed by atoms with Gasteiger partial charge in [-0.1, -0.05) is 0 Å². The quantitative estimate of drug-likeness (QED) is 0.875. The Kier molecular flexibility index (Phi) is 3.61. The highest BCUT2D eigenvalue weighted by Crippen LogP contribution is 2.14. The van der Waals surface area contributed by atoms with Gasteiger partial charge in [0.25, 0.3) is 5.91 Å². The van der Waals surface area contributed by atoms with Crippen LogP contribution in [0.2, 0.25) is 0 Å². The molecule has 19 heavy (non-hydrogen) atoms. The molecule has 2 aromatic heterocycles. The van der Waals surface area contributed by atoms with E-state index in [4.69, 9.17) is 9.52 Å². The number of nitrogens with one attached hydrogen (secondary N) is 1. The van der Waals surface area contributed by atoms with E-state index in [1.165, 1.54) is 24.6 Å². The van der Waals surface area contributed by atoms with Gasteiger partial charge in [0.15, 0.2) is 0 Å². The molecule has 2 rings (SSSR count). The number of carbonyl (C=O) groups excluding carboxylic acids is 1. The molecule has 98 valence electrons. The van der Waals surface area contributed by atoms with Crippen molar-refractivity contribution in [1.29, 1.82) is 0 Å². The fourth-order valence-corrected chi connectivity index (χ4v) is 1.63. The second-order valence-corrected chi connectivity index (χ2v) is 3.92. The maximum absolute atomic E-state index is 12.0. The molecule has 0 aliphatic carbocycles. The van der Waals surface area contributed by atoms with Gasteiger partial charge in [0.1, 0.15) is 11.5 Å². The van der Waals surface area contributed by atoms with Gasteiger partial charge in [-0.05, 0) is 31.2 Å². The number of carboxylic acid groups (broad SMARTS) is 1. The SMILES string of the molecule is C[C@H](NC(=O)c1ncccc1C(=O)O)c1ccco1. The van der Waals surface area contributed by atoms with Crippen LogP contribution in [0.4, 0.5) is 0 Å². The Bertz CT molecular complexity index is 592. The zero-order valence-corrected chi connectivity index (χ0v) is 10.2. The fraction of sp³-hybridized carbons (Fsp3) is 0.154. The molecule has 2 N–H and O–H groups in total. The largest absolute Gasteiger partial charge is 0.478 e. The van der Waals surface area contributed by atoms with Crippen molar-refractivity contribution in [1.82, 2.24) is 10.3 Å². The van der Waals surface area contributed by atoms with Crippen LogP contribution in [0.5, 0.6) is 0 Å². The van der Waals surface area contributed by atoms with Gasteiger partial charge in [-0.25, -0.2) is 4.79 Å². The lowest BCUT2D eigenvalue weighted by Gasteiger charge is -2.11. The highest BCUT2D eigenvalue weighted by molar-refractivity contribution is 6.03. The summed E-state index contributed by atoms with van der Waals surface area (Å²) in [5, 5.41) is 11.6. The Balaban J connectivity index is 2.19. The average Bonchev–Trinajstić information content (AvgIpc) is 2.92. The van der Waals surface area contributed by atoms with Gasteiger partial charge in [-0.3, -0.25) is 9.78 Å². The van der Waals surface area contributed by atoms with Crippen molar-refractivity contribution in [2.45, 2.75) is 13.0 Å². The van der Waals surface area contributed by atoms with Crippen molar-refractivity contribution in [2.24, 2.45) is 0 Å². The van der Waals surface area contributed by atoms with Crippen molar-refractivity contribution in [3.8, 4) is 0 Å². The minimum atomic E-state index is -1.19. The van der Waals surface area contributed by atoms with Crippen LogP contribution < -0.4 is 5.32 Å². The van der Waals surface area contributed by atoms with Gasteiger partial charge in [0.05, 0.1) is 17.9 Å². The second kappa shape index (κ2) is 5.34. The van der Waals surface area contributed by atoms with Crippen molar-refractivity contribution < 1.29 is 19.1 Å². The monoisotopic (exact) mass is 260 g/mol. The molecule has 2 aromatic rings. The normalized spacial score (nSPS) is 11.8. The molecular weight excluding hydrogens is 248 g/mol. The zero-order chi connectivity index (χ0) is 13.8. The Labute approximate surface area is 109 Å². The van der Waals surface area contributed by atoms with E-state index in [0.717, 1.165) is 0 Å². The number of pyridine rings is 1. The highest BCUT2D eigenvalue weighted by Gasteiger charge is 2.20. The first-order chi connectivity index (χ1) is 9.09. The lowest BCUT2D eigenvalue weighted by Crippen LogP contribution is -2.28. The molecule has 1 amide bonds. The number of aromatic nitrogens is 1. The number of amides is 1. The molecule has 6 nitrogen and oxygen atoms in total. The van der Waals surface area contributed by atoms with Gasteiger partial charge in [0, 0.05) is 6.20 Å². The molecule has 1 atom stereocenters. The van der Waals surface area contributed by atoms with E-state index < -0.39 is 11.9 Å². The number of aromatic carboxylic acids is 1. The van der Waals surface area contributed by atoms with Crippen LogP contribution in [0.15, 0.2) is 41.1 Å². The predicted octanol–water partition coefficient (Wildman–Crippen LogP) is 1.86. The van der Waals surface area contributed by atoms with Crippen LogP contribution in [0.3, 0.4) is 0 Å². The van der Waals surface area contributed by atoms with E-state index in [1.54, 1.807) is 19.1 Å². The van der Waals surface area contributed by atoms with Crippen LogP contribution in [0, 0.1) is 0 Å². The number of hydrogen-bond acceptors (Lipinski definition) is 4. The number of carbonyl (C=O) groups is 2. The maximum Gasteiger partial charge on any atom is 0.338 e. The van der Waals surface area contributed by atoms with Crippen LogP contribution in [0.1, 0.15) is 39.6 Å². The lowest BCUT2D eigenvalue weighted by atomic mass is 10.1. The van der Waals surface area contributed by atoms with Crippen molar-refractivity contribution >= 4 is 11.9 Å². The molecular formula is C13H12N2O4. The minimum Gasteiger partial charge on any atom is -0.478 e. The molecule has 0 aliphatic heterocycles. The summed E-state index contributed by atoms with van der Waals surface area (Å²) in [4.78, 5) is 26.8. The molecule has 0 saturated heterocycles. The molecule has 0 saturated carbocycles. The number of carboxylic acids is 1. The Morgan fingerprint density at radius 3 is 2.79 bits per heavy atom. The van der Waals surface area contributed by atoms with Gasteiger partial charge in [-0.2, -0.15) is 0 Å². The number of furan rings is 1. The Morgan fingerprint density at radius 2 is 2.16 bits per heavy atom. The molecule has 0 radical (unpaired) electrons. The first-order valence-corrected chi connectivity index (χ1v) is 5.62. The highest BCUT2D eigenvalue weighted by atomic mass is 16.4. The van der Waals surface area contributed by atoms with E-state index in [2.05, 4.69) is 10.3 Å². The smallest absolute Gasteiger partial charge is 0.338 e. The molecule has 0 unspecified atom stereocenters. The summed E-state index contributed by atoms with van der Waals surface area (Å²) in [5.41, 5.74) is -0.250. The zero-order valence-electron chi connectivity index (χ0n) is 10.2. The van der Waals surface area contributed by atoms with Crippen molar-refractivity contribution in [3.05, 3.63) is 53.7 Å². The summed E-state index contributed by atoms with van der Waals surface area (Å²) in [6, 6.07) is 5.87. The van der Waals surface area contributed by atoms with E-state index in [9.17, 15) is 9.59 Å². The summed E-state index contributed by atoms with van der Waals surface area (Å²) in [6.07, 6.45) is 2.88. The fourth-order valence-electron chi connectivity index (χ4n) is 1.63. The topological polar surface area (TPSA) is 92.4 Å². The van der Waals surface area contributed by atoms with E-state index in [-0.39, 0.29) is 17.3 Å². The summed E-state index contributed by atoms with van der Waals surface area (Å²) < 4.78 is 5.16. The minimum absolute atomic E-state index is 0.117. The molecule has 0 spiro atoms. The van der Waals surface area contributed by atoms with E-state index in [1.807, 2.05) is 0 Å². The second-order valence-electron chi connectivity index (χ2n) is 3.92. The van der Waals surface area contributed by atoms with Crippen LogP contribution in [-0.2, 0) is 0 Å². The first kappa shape index (κ1) is 12.8. The molecule has 0 bridgehead atoms. The van der Waals surface area contributed by atoms with Gasteiger partial charge >= 0.3 is 5.97 Å². The first-order valence-electron chi connectivity index (χ1n) is 5.62. The molecule has 0 aromatic carbocycles. The summed E-state index contributed by atoms with van der Waals surface area (Å²) in [5.74, 6) is -1.16. The summed E-state index contributed by atoms with van der Waals surface area (Å²) >= 11 is 0. The maximum atomic E-state index is 12.0. The molecule has 0 aliphatic rings. The third-order valence-electron chi connectivity index (χ3n) is 2.57.